The van der Waals surface area contributed by atoms with Crippen molar-refractivity contribution in [3.05, 3.63) is 60.2 Å². The van der Waals surface area contributed by atoms with Gasteiger partial charge in [-0.1, -0.05) is 35.4 Å². The molecule has 0 fully saturated rings. The number of anilines is 2. The fraction of sp³-hybridized carbons (Fsp3) is 0.133. The largest absolute Gasteiger partial charge is 0.326 e. The SMILES string of the molecule is CN(c1cccc(CN)c1)c1nnnn1-c1ccccc1. The Morgan fingerprint density at radius 3 is 2.67 bits per heavy atom. The molecule has 3 aromatic rings. The van der Waals surface area contributed by atoms with Crippen LogP contribution in [0.4, 0.5) is 11.6 Å². The van der Waals surface area contributed by atoms with Crippen molar-refractivity contribution in [1.29, 1.82) is 0 Å². The van der Waals surface area contributed by atoms with Gasteiger partial charge >= 0.3 is 0 Å². The van der Waals surface area contributed by atoms with E-state index in [2.05, 4.69) is 15.5 Å². The molecular weight excluding hydrogens is 264 g/mol. The molecule has 0 unspecified atom stereocenters. The van der Waals surface area contributed by atoms with E-state index >= 15 is 0 Å². The van der Waals surface area contributed by atoms with Gasteiger partial charge in [-0.05, 0) is 40.3 Å². The Labute approximate surface area is 122 Å². The molecule has 0 spiro atoms. The topological polar surface area (TPSA) is 72.9 Å². The van der Waals surface area contributed by atoms with Gasteiger partial charge in [0.15, 0.2) is 0 Å². The molecule has 0 radical (unpaired) electrons. The maximum Gasteiger partial charge on any atom is 0.254 e. The molecule has 0 aliphatic rings. The smallest absolute Gasteiger partial charge is 0.254 e. The molecule has 3 rings (SSSR count). The Morgan fingerprint density at radius 2 is 1.90 bits per heavy atom. The molecule has 6 heteroatoms. The first-order chi connectivity index (χ1) is 10.3. The number of nitrogens with two attached hydrogens (primary N) is 1. The number of para-hydroxylation sites is 1. The Bertz CT molecular complexity index is 722. The summed E-state index contributed by atoms with van der Waals surface area (Å²) in [5, 5.41) is 12.0. The first-order valence-corrected chi connectivity index (χ1v) is 6.66. The minimum absolute atomic E-state index is 0.505. The number of nitrogens with zero attached hydrogens (tertiary/aromatic N) is 5. The molecule has 2 aromatic carbocycles. The standard InChI is InChI=1S/C15H16N6/c1-20(14-9-5-6-12(10-14)11-16)15-17-18-19-21(15)13-7-3-2-4-8-13/h2-10H,11,16H2,1H3. The van der Waals surface area contributed by atoms with Crippen LogP contribution in [0.2, 0.25) is 0 Å². The molecule has 0 amide bonds. The summed E-state index contributed by atoms with van der Waals surface area (Å²) >= 11 is 0. The molecule has 1 heterocycles. The molecule has 1 aromatic heterocycles. The minimum atomic E-state index is 0.505. The zero-order chi connectivity index (χ0) is 14.7. The predicted octanol–water partition coefficient (Wildman–Crippen LogP) is 1.89. The lowest BCUT2D eigenvalue weighted by Crippen LogP contribution is -2.16. The maximum absolute atomic E-state index is 5.69. The molecule has 6 nitrogen and oxygen atoms in total. The van der Waals surface area contributed by atoms with Crippen LogP contribution in [0, 0.1) is 0 Å². The van der Waals surface area contributed by atoms with Crippen LogP contribution < -0.4 is 10.6 Å². The fourth-order valence-electron chi connectivity index (χ4n) is 2.14. The van der Waals surface area contributed by atoms with Crippen molar-refractivity contribution in [1.82, 2.24) is 20.2 Å². The Balaban J connectivity index is 1.99. The Kier molecular flexibility index (Phi) is 3.61. The van der Waals surface area contributed by atoms with Crippen LogP contribution in [0.5, 0.6) is 0 Å². The number of rotatable bonds is 4. The van der Waals surface area contributed by atoms with E-state index in [1.807, 2.05) is 66.5 Å². The molecular formula is C15H16N6. The van der Waals surface area contributed by atoms with Gasteiger partial charge in [0.1, 0.15) is 0 Å². The van der Waals surface area contributed by atoms with Gasteiger partial charge in [-0.2, -0.15) is 4.68 Å². The summed E-state index contributed by atoms with van der Waals surface area (Å²) in [6.45, 7) is 0.505. The molecule has 21 heavy (non-hydrogen) atoms. The number of benzene rings is 2. The van der Waals surface area contributed by atoms with Crippen molar-refractivity contribution in [2.24, 2.45) is 5.73 Å². The summed E-state index contributed by atoms with van der Waals surface area (Å²) < 4.78 is 1.70. The molecule has 0 bridgehead atoms. The minimum Gasteiger partial charge on any atom is -0.326 e. The third-order valence-electron chi connectivity index (χ3n) is 3.29. The van der Waals surface area contributed by atoms with Crippen LogP contribution in [-0.4, -0.2) is 27.3 Å². The molecule has 0 saturated heterocycles. The van der Waals surface area contributed by atoms with Crippen LogP contribution in [0.15, 0.2) is 54.6 Å². The number of hydrogen-bond acceptors (Lipinski definition) is 5. The van der Waals surface area contributed by atoms with Gasteiger partial charge in [0.2, 0.25) is 0 Å². The zero-order valence-electron chi connectivity index (χ0n) is 11.7. The monoisotopic (exact) mass is 280 g/mol. The van der Waals surface area contributed by atoms with E-state index in [9.17, 15) is 0 Å². The Hall–Kier alpha value is -2.73. The molecule has 2 N–H and O–H groups in total. The van der Waals surface area contributed by atoms with E-state index in [-0.39, 0.29) is 0 Å². The van der Waals surface area contributed by atoms with Gasteiger partial charge in [-0.25, -0.2) is 0 Å². The quantitative estimate of drug-likeness (QED) is 0.790. The number of tetrazole rings is 1. The highest BCUT2D eigenvalue weighted by atomic mass is 15.6. The lowest BCUT2D eigenvalue weighted by molar-refractivity contribution is 0.786. The summed E-state index contributed by atoms with van der Waals surface area (Å²) in [6.07, 6.45) is 0. The van der Waals surface area contributed by atoms with E-state index in [4.69, 9.17) is 5.73 Å². The van der Waals surface area contributed by atoms with Crippen LogP contribution in [0.3, 0.4) is 0 Å². The summed E-state index contributed by atoms with van der Waals surface area (Å²) in [7, 11) is 1.93. The molecule has 0 atom stereocenters. The number of hydrogen-bond donors (Lipinski definition) is 1. The van der Waals surface area contributed by atoms with E-state index in [1.54, 1.807) is 4.68 Å². The van der Waals surface area contributed by atoms with Crippen molar-refractivity contribution >= 4 is 11.6 Å². The highest BCUT2D eigenvalue weighted by Gasteiger charge is 2.14. The van der Waals surface area contributed by atoms with Crippen LogP contribution in [0.25, 0.3) is 5.69 Å². The summed E-state index contributed by atoms with van der Waals surface area (Å²) in [5.41, 5.74) is 8.67. The number of aromatic nitrogens is 4. The third kappa shape index (κ3) is 2.61. The Morgan fingerprint density at radius 1 is 1.10 bits per heavy atom. The average molecular weight is 280 g/mol. The first-order valence-electron chi connectivity index (χ1n) is 6.66. The van der Waals surface area contributed by atoms with Crippen LogP contribution in [-0.2, 0) is 6.54 Å². The van der Waals surface area contributed by atoms with E-state index in [0.29, 0.717) is 12.5 Å². The van der Waals surface area contributed by atoms with Gasteiger partial charge < -0.3 is 10.6 Å². The van der Waals surface area contributed by atoms with Crippen molar-refractivity contribution < 1.29 is 0 Å². The second kappa shape index (κ2) is 5.72. The summed E-state index contributed by atoms with van der Waals surface area (Å²) in [4.78, 5) is 1.94. The predicted molar refractivity (Wildman–Crippen MR) is 81.6 cm³/mol. The lowest BCUT2D eigenvalue weighted by atomic mass is 10.2. The molecule has 106 valence electrons. The van der Waals surface area contributed by atoms with E-state index in [1.165, 1.54) is 0 Å². The highest BCUT2D eigenvalue weighted by molar-refractivity contribution is 5.58. The van der Waals surface area contributed by atoms with Crippen LogP contribution in [0.1, 0.15) is 5.56 Å². The second-order valence-electron chi connectivity index (χ2n) is 4.66. The summed E-state index contributed by atoms with van der Waals surface area (Å²) in [5.74, 6) is 0.648. The van der Waals surface area contributed by atoms with Crippen molar-refractivity contribution in [3.8, 4) is 5.69 Å². The van der Waals surface area contributed by atoms with Crippen molar-refractivity contribution in [3.63, 3.8) is 0 Å². The van der Waals surface area contributed by atoms with Gasteiger partial charge in [-0.15, -0.1) is 0 Å². The van der Waals surface area contributed by atoms with Crippen LogP contribution >= 0.6 is 0 Å². The maximum atomic E-state index is 5.69. The fourth-order valence-corrected chi connectivity index (χ4v) is 2.14. The van der Waals surface area contributed by atoms with Gasteiger partial charge in [0.05, 0.1) is 5.69 Å². The van der Waals surface area contributed by atoms with Gasteiger partial charge in [0, 0.05) is 19.3 Å². The van der Waals surface area contributed by atoms with E-state index in [0.717, 1.165) is 16.9 Å². The van der Waals surface area contributed by atoms with Gasteiger partial charge in [-0.3, -0.25) is 0 Å². The molecule has 0 aliphatic heterocycles. The highest BCUT2D eigenvalue weighted by Crippen LogP contribution is 2.23. The third-order valence-corrected chi connectivity index (χ3v) is 3.29. The first kappa shape index (κ1) is 13.3. The van der Waals surface area contributed by atoms with Gasteiger partial charge in [0.25, 0.3) is 5.95 Å². The lowest BCUT2D eigenvalue weighted by Gasteiger charge is -2.18. The molecule has 0 aliphatic carbocycles. The average Bonchev–Trinajstić information content (AvgIpc) is 3.04. The van der Waals surface area contributed by atoms with Crippen molar-refractivity contribution in [2.75, 3.05) is 11.9 Å². The van der Waals surface area contributed by atoms with E-state index < -0.39 is 0 Å². The second-order valence-corrected chi connectivity index (χ2v) is 4.66. The molecule has 0 saturated carbocycles. The zero-order valence-corrected chi connectivity index (χ0v) is 11.7. The normalized spacial score (nSPS) is 10.6. The summed E-state index contributed by atoms with van der Waals surface area (Å²) in [6, 6.07) is 17.8. The van der Waals surface area contributed by atoms with Crippen molar-refractivity contribution in [2.45, 2.75) is 6.54 Å².